The molecule has 1 aromatic rings. The van der Waals surface area contributed by atoms with Gasteiger partial charge in [-0.3, -0.25) is 10.2 Å². The average Bonchev–Trinajstić information content (AvgIpc) is 2.56. The van der Waals surface area contributed by atoms with Crippen molar-refractivity contribution in [2.75, 3.05) is 13.2 Å². The van der Waals surface area contributed by atoms with E-state index in [1.807, 2.05) is 13.0 Å². The first-order chi connectivity index (χ1) is 7.70. The van der Waals surface area contributed by atoms with Gasteiger partial charge in [0.05, 0.1) is 24.2 Å². The third-order valence-electron chi connectivity index (χ3n) is 2.37. The number of hydrogen-bond donors (Lipinski definition) is 2. The van der Waals surface area contributed by atoms with Crippen LogP contribution in [0.3, 0.4) is 0 Å². The summed E-state index contributed by atoms with van der Waals surface area (Å²) in [6, 6.07) is 1.87. The number of hydrogen-bond acceptors (Lipinski definition) is 5. The van der Waals surface area contributed by atoms with Crippen LogP contribution in [0, 0.1) is 6.92 Å². The van der Waals surface area contributed by atoms with Gasteiger partial charge in [0, 0.05) is 5.56 Å². The van der Waals surface area contributed by atoms with Crippen LogP contribution in [0.2, 0.25) is 0 Å². The van der Waals surface area contributed by atoms with Gasteiger partial charge in [0.15, 0.2) is 5.76 Å². The molecule has 0 aliphatic carbocycles. The van der Waals surface area contributed by atoms with E-state index >= 15 is 0 Å². The minimum atomic E-state index is -0.388. The molecule has 0 radical (unpaired) electrons. The van der Waals surface area contributed by atoms with Gasteiger partial charge in [-0.25, -0.2) is 5.84 Å². The normalized spacial score (nSPS) is 15.9. The van der Waals surface area contributed by atoms with Gasteiger partial charge in [-0.1, -0.05) is 0 Å². The molecule has 2 heterocycles. The molecule has 1 aromatic heterocycles. The van der Waals surface area contributed by atoms with Crippen molar-refractivity contribution >= 4 is 17.7 Å². The molecule has 0 saturated carbocycles. The molecule has 0 unspecified atom stereocenters. The van der Waals surface area contributed by atoms with E-state index in [-0.39, 0.29) is 5.91 Å². The lowest BCUT2D eigenvalue weighted by Crippen LogP contribution is -2.30. The Morgan fingerprint density at radius 3 is 3.00 bits per heavy atom. The van der Waals surface area contributed by atoms with Gasteiger partial charge >= 0.3 is 5.91 Å². The number of thioether (sulfide) groups is 1. The Bertz CT molecular complexity index is 387. The largest absolute Gasteiger partial charge is 0.455 e. The average molecular weight is 242 g/mol. The molecule has 1 amide bonds. The number of carbonyl (C=O) groups excluding carboxylic acids is 1. The first-order valence-corrected chi connectivity index (χ1v) is 6.05. The zero-order valence-electron chi connectivity index (χ0n) is 8.99. The smallest absolute Gasteiger partial charge is 0.301 e. The lowest BCUT2D eigenvalue weighted by atomic mass is 10.2. The summed E-state index contributed by atoms with van der Waals surface area (Å²) in [5.41, 5.74) is 2.87. The highest BCUT2D eigenvalue weighted by molar-refractivity contribution is 7.99. The SMILES string of the molecule is Cc1cc(CSC2COC2)oc1C(=O)NN. The molecule has 0 spiro atoms. The second kappa shape index (κ2) is 4.90. The molecule has 1 saturated heterocycles. The summed E-state index contributed by atoms with van der Waals surface area (Å²) in [5.74, 6) is 6.52. The van der Waals surface area contributed by atoms with Gasteiger partial charge in [0.1, 0.15) is 5.76 Å². The number of amides is 1. The zero-order chi connectivity index (χ0) is 11.5. The van der Waals surface area contributed by atoms with Crippen molar-refractivity contribution in [1.82, 2.24) is 5.43 Å². The summed E-state index contributed by atoms with van der Waals surface area (Å²) >= 11 is 1.78. The molecule has 5 nitrogen and oxygen atoms in total. The summed E-state index contributed by atoms with van der Waals surface area (Å²) in [6.07, 6.45) is 0. The van der Waals surface area contributed by atoms with Gasteiger partial charge in [-0.15, -0.1) is 11.8 Å². The number of furan rings is 1. The molecule has 0 aromatic carbocycles. The molecule has 1 fully saturated rings. The van der Waals surface area contributed by atoms with Crippen molar-refractivity contribution in [2.24, 2.45) is 5.84 Å². The summed E-state index contributed by atoms with van der Waals surface area (Å²) < 4.78 is 10.5. The highest BCUT2D eigenvalue weighted by Crippen LogP contribution is 2.25. The Labute approximate surface area is 97.7 Å². The molecule has 6 heteroatoms. The maximum absolute atomic E-state index is 11.3. The van der Waals surface area contributed by atoms with E-state index in [1.54, 1.807) is 11.8 Å². The molecule has 88 valence electrons. The van der Waals surface area contributed by atoms with Crippen LogP contribution in [0.5, 0.6) is 0 Å². The second-order valence-electron chi connectivity index (χ2n) is 3.67. The van der Waals surface area contributed by atoms with Crippen LogP contribution in [0.4, 0.5) is 0 Å². The Morgan fingerprint density at radius 1 is 1.69 bits per heavy atom. The molecule has 0 bridgehead atoms. The molecule has 16 heavy (non-hydrogen) atoms. The van der Waals surface area contributed by atoms with Crippen LogP contribution < -0.4 is 11.3 Å². The number of rotatable bonds is 4. The van der Waals surface area contributed by atoms with Crippen LogP contribution in [0.25, 0.3) is 0 Å². The van der Waals surface area contributed by atoms with Crippen molar-refractivity contribution in [1.29, 1.82) is 0 Å². The molecule has 1 aliphatic rings. The number of nitrogens with one attached hydrogen (secondary N) is 1. The first kappa shape index (κ1) is 11.5. The Balaban J connectivity index is 1.96. The minimum absolute atomic E-state index is 0.294. The number of aryl methyl sites for hydroxylation is 1. The van der Waals surface area contributed by atoms with E-state index in [2.05, 4.69) is 5.43 Å². The van der Waals surface area contributed by atoms with Gasteiger partial charge in [-0.2, -0.15) is 0 Å². The number of nitrogen functional groups attached to an aromatic ring is 1. The number of carbonyl (C=O) groups is 1. The van der Waals surface area contributed by atoms with Crippen LogP contribution in [-0.2, 0) is 10.5 Å². The van der Waals surface area contributed by atoms with E-state index in [9.17, 15) is 4.79 Å². The summed E-state index contributed by atoms with van der Waals surface area (Å²) in [4.78, 5) is 11.3. The van der Waals surface area contributed by atoms with E-state index in [0.29, 0.717) is 11.0 Å². The number of hydrazine groups is 1. The fourth-order valence-electron chi connectivity index (χ4n) is 1.42. The van der Waals surface area contributed by atoms with Gasteiger partial charge < -0.3 is 9.15 Å². The van der Waals surface area contributed by atoms with Gasteiger partial charge in [0.25, 0.3) is 0 Å². The number of ether oxygens (including phenoxy) is 1. The maximum Gasteiger partial charge on any atom is 0.301 e. The van der Waals surface area contributed by atoms with E-state index < -0.39 is 0 Å². The van der Waals surface area contributed by atoms with Crippen LogP contribution >= 0.6 is 11.8 Å². The summed E-state index contributed by atoms with van der Waals surface area (Å²) in [6.45, 7) is 3.44. The van der Waals surface area contributed by atoms with Gasteiger partial charge in [-0.05, 0) is 13.0 Å². The summed E-state index contributed by atoms with van der Waals surface area (Å²) in [7, 11) is 0. The second-order valence-corrected chi connectivity index (χ2v) is 4.96. The molecule has 0 atom stereocenters. The van der Waals surface area contributed by atoms with E-state index in [1.165, 1.54) is 0 Å². The van der Waals surface area contributed by atoms with Crippen molar-refractivity contribution in [3.63, 3.8) is 0 Å². The molecule has 2 rings (SSSR count). The molecular formula is C10H14N2O3S. The third kappa shape index (κ3) is 2.40. The van der Waals surface area contributed by atoms with Crippen LogP contribution in [0.1, 0.15) is 21.9 Å². The van der Waals surface area contributed by atoms with Crippen molar-refractivity contribution in [2.45, 2.75) is 17.9 Å². The van der Waals surface area contributed by atoms with Crippen molar-refractivity contribution < 1.29 is 13.9 Å². The molecule has 3 N–H and O–H groups in total. The zero-order valence-corrected chi connectivity index (χ0v) is 9.80. The Hall–Kier alpha value is -0.980. The van der Waals surface area contributed by atoms with Crippen molar-refractivity contribution in [3.05, 3.63) is 23.2 Å². The van der Waals surface area contributed by atoms with E-state index in [0.717, 1.165) is 30.3 Å². The van der Waals surface area contributed by atoms with Crippen LogP contribution in [0.15, 0.2) is 10.5 Å². The maximum atomic E-state index is 11.3. The highest BCUT2D eigenvalue weighted by atomic mass is 32.2. The number of nitrogens with two attached hydrogens (primary N) is 1. The Morgan fingerprint density at radius 2 is 2.44 bits per heavy atom. The predicted molar refractivity (Wildman–Crippen MR) is 61.0 cm³/mol. The highest BCUT2D eigenvalue weighted by Gasteiger charge is 2.20. The molecular weight excluding hydrogens is 228 g/mol. The fourth-order valence-corrected chi connectivity index (χ4v) is 2.35. The van der Waals surface area contributed by atoms with Gasteiger partial charge in [0.2, 0.25) is 0 Å². The van der Waals surface area contributed by atoms with Crippen LogP contribution in [-0.4, -0.2) is 24.4 Å². The lowest BCUT2D eigenvalue weighted by Gasteiger charge is -2.24. The first-order valence-electron chi connectivity index (χ1n) is 5.00. The lowest BCUT2D eigenvalue weighted by molar-refractivity contribution is 0.0454. The monoisotopic (exact) mass is 242 g/mol. The minimum Gasteiger partial charge on any atom is -0.455 e. The quantitative estimate of drug-likeness (QED) is 0.464. The van der Waals surface area contributed by atoms with E-state index in [4.69, 9.17) is 15.0 Å². The molecule has 1 aliphatic heterocycles. The topological polar surface area (TPSA) is 77.5 Å². The predicted octanol–water partition coefficient (Wildman–Crippen LogP) is 0.824. The van der Waals surface area contributed by atoms with Crippen molar-refractivity contribution in [3.8, 4) is 0 Å². The Kier molecular flexibility index (Phi) is 3.52. The summed E-state index contributed by atoms with van der Waals surface area (Å²) in [5, 5.41) is 0.553. The standard InChI is InChI=1S/C10H14N2O3S/c1-6-2-7(5-16-8-3-14-4-8)15-9(6)10(13)12-11/h2,8H,3-5,11H2,1H3,(H,12,13). The fraction of sp³-hybridized carbons (Fsp3) is 0.500. The third-order valence-corrected chi connectivity index (χ3v) is 3.57.